The van der Waals surface area contributed by atoms with Gasteiger partial charge in [-0.1, -0.05) is 6.07 Å². The van der Waals surface area contributed by atoms with Crippen molar-refractivity contribution in [1.82, 2.24) is 20.4 Å². The Labute approximate surface area is 160 Å². The van der Waals surface area contributed by atoms with Crippen LogP contribution < -0.4 is 10.6 Å². The van der Waals surface area contributed by atoms with E-state index < -0.39 is 0 Å². The van der Waals surface area contributed by atoms with E-state index in [0.717, 1.165) is 32.0 Å². The van der Waals surface area contributed by atoms with Crippen LogP contribution in [0.15, 0.2) is 22.5 Å². The van der Waals surface area contributed by atoms with Gasteiger partial charge in [-0.3, -0.25) is 14.7 Å². The molecule has 0 aliphatic carbocycles. The van der Waals surface area contributed by atoms with Crippen molar-refractivity contribution in [3.05, 3.63) is 22.4 Å². The molecule has 6 nitrogen and oxygen atoms in total. The number of hydrogen-bond acceptors (Lipinski definition) is 4. The predicted molar refractivity (Wildman–Crippen MR) is 108 cm³/mol. The maximum Gasteiger partial charge on any atom is 0.222 e. The lowest BCUT2D eigenvalue weighted by Gasteiger charge is -2.39. The number of hydrogen-bond donors (Lipinski definition) is 2. The number of rotatable bonds is 4. The van der Waals surface area contributed by atoms with Gasteiger partial charge in [-0.2, -0.15) is 0 Å². The van der Waals surface area contributed by atoms with E-state index in [1.54, 1.807) is 4.90 Å². The van der Waals surface area contributed by atoms with Crippen molar-refractivity contribution in [2.45, 2.75) is 37.8 Å². The summed E-state index contributed by atoms with van der Waals surface area (Å²) in [6.07, 6.45) is 3.96. The highest BCUT2D eigenvalue weighted by Gasteiger charge is 2.31. The third-order valence-electron chi connectivity index (χ3n) is 5.56. The standard InChI is InChI=1S/C19H31N5OS/c1-20-19(22-15-8-9-17(25)24(3)13-15)21-12-14-6-4-10-23(2)18(14)16-7-5-11-26-16/h5,7,11,14-15,18H,4,6,8-10,12-13H2,1-3H3,(H2,20,21,22). The zero-order valence-corrected chi connectivity index (χ0v) is 16.9. The highest BCUT2D eigenvalue weighted by atomic mass is 32.1. The van der Waals surface area contributed by atoms with E-state index in [4.69, 9.17) is 0 Å². The summed E-state index contributed by atoms with van der Waals surface area (Å²) in [6, 6.07) is 5.15. The molecule has 0 bridgehead atoms. The van der Waals surface area contributed by atoms with Crippen LogP contribution in [0, 0.1) is 5.92 Å². The first-order chi connectivity index (χ1) is 12.6. The molecule has 0 saturated carbocycles. The Morgan fingerprint density at radius 2 is 2.23 bits per heavy atom. The summed E-state index contributed by atoms with van der Waals surface area (Å²) in [5, 5.41) is 9.20. The Balaban J connectivity index is 1.56. The highest BCUT2D eigenvalue weighted by molar-refractivity contribution is 7.10. The molecule has 26 heavy (non-hydrogen) atoms. The molecule has 0 aromatic carbocycles. The molecule has 2 N–H and O–H groups in total. The van der Waals surface area contributed by atoms with Crippen molar-refractivity contribution in [1.29, 1.82) is 0 Å². The van der Waals surface area contributed by atoms with E-state index in [0.29, 0.717) is 18.4 Å². The number of likely N-dealkylation sites (N-methyl/N-ethyl adjacent to an activating group) is 1. The summed E-state index contributed by atoms with van der Waals surface area (Å²) in [5.74, 6) is 1.65. The van der Waals surface area contributed by atoms with E-state index in [9.17, 15) is 4.79 Å². The quantitative estimate of drug-likeness (QED) is 0.622. The lowest BCUT2D eigenvalue weighted by atomic mass is 9.88. The number of nitrogens with zero attached hydrogens (tertiary/aromatic N) is 3. The monoisotopic (exact) mass is 377 g/mol. The van der Waals surface area contributed by atoms with Gasteiger partial charge in [0.1, 0.15) is 0 Å². The second-order valence-corrected chi connectivity index (χ2v) is 8.43. The highest BCUT2D eigenvalue weighted by Crippen LogP contribution is 2.36. The van der Waals surface area contributed by atoms with Gasteiger partial charge < -0.3 is 15.5 Å². The van der Waals surface area contributed by atoms with Crippen LogP contribution in [0.2, 0.25) is 0 Å². The third-order valence-corrected chi connectivity index (χ3v) is 6.51. The zero-order valence-electron chi connectivity index (χ0n) is 16.1. The molecule has 2 aliphatic rings. The fourth-order valence-corrected chi connectivity index (χ4v) is 5.11. The smallest absolute Gasteiger partial charge is 0.222 e. The summed E-state index contributed by atoms with van der Waals surface area (Å²) in [4.78, 5) is 21.8. The first-order valence-corrected chi connectivity index (χ1v) is 10.4. The number of guanidine groups is 1. The maximum absolute atomic E-state index is 11.7. The molecule has 0 spiro atoms. The normalized spacial score (nSPS) is 28.3. The van der Waals surface area contributed by atoms with Gasteiger partial charge in [-0.05, 0) is 50.2 Å². The van der Waals surface area contributed by atoms with E-state index in [-0.39, 0.29) is 11.9 Å². The Hall–Kier alpha value is -1.60. The summed E-state index contributed by atoms with van der Waals surface area (Å²) >= 11 is 1.85. The first-order valence-electron chi connectivity index (χ1n) is 9.53. The van der Waals surface area contributed by atoms with Gasteiger partial charge in [0.05, 0.1) is 0 Å². The van der Waals surface area contributed by atoms with Crippen LogP contribution in [0.3, 0.4) is 0 Å². The number of aliphatic imine (C=N–C) groups is 1. The van der Waals surface area contributed by atoms with Crippen LogP contribution in [0.4, 0.5) is 0 Å². The average Bonchev–Trinajstić information content (AvgIpc) is 3.15. The van der Waals surface area contributed by atoms with Crippen molar-refractivity contribution < 1.29 is 4.79 Å². The fourth-order valence-electron chi connectivity index (χ4n) is 4.13. The minimum absolute atomic E-state index is 0.232. The number of piperidine rings is 2. The van der Waals surface area contributed by atoms with Gasteiger partial charge in [0.25, 0.3) is 0 Å². The minimum atomic E-state index is 0.232. The van der Waals surface area contributed by atoms with Crippen molar-refractivity contribution >= 4 is 23.2 Å². The molecule has 3 heterocycles. The van der Waals surface area contributed by atoms with Crippen molar-refractivity contribution in [3.63, 3.8) is 0 Å². The molecule has 1 amide bonds. The number of nitrogens with one attached hydrogen (secondary N) is 2. The molecular weight excluding hydrogens is 346 g/mol. The molecule has 2 aliphatic heterocycles. The predicted octanol–water partition coefficient (Wildman–Crippen LogP) is 1.92. The third kappa shape index (κ3) is 4.57. The largest absolute Gasteiger partial charge is 0.356 e. The van der Waals surface area contributed by atoms with E-state index >= 15 is 0 Å². The van der Waals surface area contributed by atoms with Gasteiger partial charge in [0, 0.05) is 50.6 Å². The number of thiophene rings is 1. The van der Waals surface area contributed by atoms with Crippen molar-refractivity contribution in [2.75, 3.05) is 40.8 Å². The molecule has 7 heteroatoms. The summed E-state index contributed by atoms with van der Waals surface area (Å²) in [7, 11) is 5.92. The summed E-state index contributed by atoms with van der Waals surface area (Å²) < 4.78 is 0. The van der Waals surface area contributed by atoms with E-state index in [1.165, 1.54) is 17.7 Å². The van der Waals surface area contributed by atoms with Gasteiger partial charge in [0.2, 0.25) is 5.91 Å². The SMILES string of the molecule is CN=C(NCC1CCCN(C)C1c1cccs1)NC1CCC(=O)N(C)C1. The number of likely N-dealkylation sites (tertiary alicyclic amines) is 2. The fraction of sp³-hybridized carbons (Fsp3) is 0.684. The van der Waals surface area contributed by atoms with Gasteiger partial charge in [-0.15, -0.1) is 11.3 Å². The van der Waals surface area contributed by atoms with Crippen LogP contribution in [0.5, 0.6) is 0 Å². The molecular formula is C19H31N5OS. The Kier molecular flexibility index (Phi) is 6.53. The van der Waals surface area contributed by atoms with Crippen LogP contribution in [0.1, 0.15) is 36.6 Å². The van der Waals surface area contributed by atoms with Crippen molar-refractivity contribution in [3.8, 4) is 0 Å². The van der Waals surface area contributed by atoms with Crippen LogP contribution in [0.25, 0.3) is 0 Å². The van der Waals surface area contributed by atoms with Crippen LogP contribution in [-0.2, 0) is 4.79 Å². The second kappa shape index (κ2) is 8.86. The van der Waals surface area contributed by atoms with Gasteiger partial charge >= 0.3 is 0 Å². The van der Waals surface area contributed by atoms with Crippen LogP contribution >= 0.6 is 11.3 Å². The molecule has 2 fully saturated rings. The van der Waals surface area contributed by atoms with Gasteiger partial charge in [-0.25, -0.2) is 0 Å². The average molecular weight is 378 g/mol. The zero-order chi connectivity index (χ0) is 18.5. The number of carbonyl (C=O) groups is 1. The Morgan fingerprint density at radius 3 is 2.92 bits per heavy atom. The molecule has 3 rings (SSSR count). The minimum Gasteiger partial charge on any atom is -0.356 e. The van der Waals surface area contributed by atoms with Crippen molar-refractivity contribution in [2.24, 2.45) is 10.9 Å². The molecule has 3 atom stereocenters. The van der Waals surface area contributed by atoms with Crippen LogP contribution in [-0.4, -0.2) is 68.5 Å². The van der Waals surface area contributed by atoms with E-state index in [1.807, 2.05) is 25.4 Å². The number of carbonyl (C=O) groups excluding carboxylic acids is 1. The summed E-state index contributed by atoms with van der Waals surface area (Å²) in [5.41, 5.74) is 0. The lowest BCUT2D eigenvalue weighted by molar-refractivity contribution is -0.132. The van der Waals surface area contributed by atoms with E-state index in [2.05, 4.69) is 45.1 Å². The molecule has 3 unspecified atom stereocenters. The molecule has 144 valence electrons. The Morgan fingerprint density at radius 1 is 1.38 bits per heavy atom. The number of amides is 1. The Bertz CT molecular complexity index is 617. The van der Waals surface area contributed by atoms with Gasteiger partial charge in [0.15, 0.2) is 5.96 Å². The first kappa shape index (κ1) is 19.2. The lowest BCUT2D eigenvalue weighted by Crippen LogP contribution is -2.52. The molecule has 1 aromatic rings. The molecule has 1 aromatic heterocycles. The molecule has 2 saturated heterocycles. The topological polar surface area (TPSA) is 60.0 Å². The summed E-state index contributed by atoms with van der Waals surface area (Å²) in [6.45, 7) is 2.81. The second-order valence-electron chi connectivity index (χ2n) is 7.45. The maximum atomic E-state index is 11.7. The molecule has 0 radical (unpaired) electrons.